The second kappa shape index (κ2) is 17.7. The van der Waals surface area contributed by atoms with Crippen molar-refractivity contribution >= 4 is 23.2 Å². The van der Waals surface area contributed by atoms with Crippen molar-refractivity contribution in [2.24, 2.45) is 16.4 Å². The first-order valence-corrected chi connectivity index (χ1v) is 19.0. The predicted octanol–water partition coefficient (Wildman–Crippen LogP) is 10.4. The largest absolute Gasteiger partial charge is 0.480 e. The second-order valence-corrected chi connectivity index (χ2v) is 16.5. The second-order valence-electron chi connectivity index (χ2n) is 16.1. The average molecular weight is 747 g/mol. The first-order chi connectivity index (χ1) is 25.6. The van der Waals surface area contributed by atoms with E-state index in [0.717, 1.165) is 49.8 Å². The third kappa shape index (κ3) is 9.47. The van der Waals surface area contributed by atoms with E-state index in [1.807, 2.05) is 38.1 Å². The van der Waals surface area contributed by atoms with Gasteiger partial charge >= 0.3 is 0 Å². The van der Waals surface area contributed by atoms with Gasteiger partial charge in [0.05, 0.1) is 0 Å². The Morgan fingerprint density at radius 2 is 1.80 bits per heavy atom. The molecule has 282 valence electrons. The molecule has 0 aromatic heterocycles. The molecule has 0 saturated heterocycles. The molecule has 3 aliphatic rings. The summed E-state index contributed by atoms with van der Waals surface area (Å²) in [6.45, 7) is 16.6. The summed E-state index contributed by atoms with van der Waals surface area (Å²) in [5, 5.41) is 36.1. The highest BCUT2D eigenvalue weighted by molar-refractivity contribution is 6.32. The number of fused-ring (bicyclic) bond motifs is 1. The van der Waals surface area contributed by atoms with Crippen molar-refractivity contribution in [3.8, 4) is 18.2 Å². The van der Waals surface area contributed by atoms with Gasteiger partial charge in [0.25, 0.3) is 0 Å². The predicted molar refractivity (Wildman–Crippen MR) is 213 cm³/mol. The van der Waals surface area contributed by atoms with Gasteiger partial charge in [-0.25, -0.2) is 0 Å². The summed E-state index contributed by atoms with van der Waals surface area (Å²) in [4.78, 5) is 17.4. The lowest BCUT2D eigenvalue weighted by Gasteiger charge is -2.36. The van der Waals surface area contributed by atoms with Gasteiger partial charge in [-0.2, -0.15) is 15.8 Å². The molecule has 11 heteroatoms. The molecule has 1 unspecified atom stereocenters. The van der Waals surface area contributed by atoms with E-state index in [1.165, 1.54) is 16.9 Å². The Balaban J connectivity index is 1.63. The van der Waals surface area contributed by atoms with Crippen molar-refractivity contribution in [3.05, 3.63) is 109 Å². The van der Waals surface area contributed by atoms with Crippen molar-refractivity contribution in [3.63, 3.8) is 0 Å². The molecule has 54 heavy (non-hydrogen) atoms. The van der Waals surface area contributed by atoms with Crippen LogP contribution in [0.4, 0.5) is 5.69 Å². The molecule has 1 N–H and O–H groups in total. The lowest BCUT2D eigenvalue weighted by molar-refractivity contribution is -0.121. The van der Waals surface area contributed by atoms with Crippen molar-refractivity contribution in [2.45, 2.75) is 104 Å². The van der Waals surface area contributed by atoms with Gasteiger partial charge in [-0.3, -0.25) is 4.79 Å². The summed E-state index contributed by atoms with van der Waals surface area (Å²) < 4.78 is 5.98. The minimum atomic E-state index is -0.919. The highest BCUT2D eigenvalue weighted by Gasteiger charge is 2.41. The number of rotatable bonds is 13. The summed E-state index contributed by atoms with van der Waals surface area (Å²) in [6.07, 6.45) is 13.5. The number of ether oxygens (including phenoxy) is 1. The molecule has 0 bridgehead atoms. The molecule has 0 spiro atoms. The van der Waals surface area contributed by atoms with Crippen LogP contribution in [0.2, 0.25) is 0 Å². The number of carbonyl (C=O) groups excluding carboxylic acids is 1. The number of para-hydroxylation sites is 1. The standard InChI is InChI=1S/C43H51ClN8O2/c1-41(2,3)32-24-29(17-19-34-33(28-47)40(31(26-45)27-46)54-43(34,6)7)39(44)30(25-32)18-20-37-42(4,5)35-14-10-11-15-36(35)52(37)23-12-8-9-16-38(53)49-21-13-22-50-51-48/h10-11,14-15,17-20,32H,8-9,12-13,16,21-25H2,1-7H3,(H,49,53). The molecule has 1 amide bonds. The van der Waals surface area contributed by atoms with E-state index in [-0.39, 0.29) is 33.6 Å². The van der Waals surface area contributed by atoms with Crippen LogP contribution in [-0.2, 0) is 14.9 Å². The number of hydrogen-bond acceptors (Lipinski definition) is 7. The molecule has 10 nitrogen and oxygen atoms in total. The normalized spacial score (nSPS) is 20.4. The lowest BCUT2D eigenvalue weighted by Crippen LogP contribution is -2.27. The number of hydrogen-bond donors (Lipinski definition) is 1. The minimum absolute atomic E-state index is 0.00210. The monoisotopic (exact) mass is 746 g/mol. The highest BCUT2D eigenvalue weighted by atomic mass is 35.5. The van der Waals surface area contributed by atoms with Gasteiger partial charge in [0, 0.05) is 58.4 Å². The molecule has 2 aliphatic heterocycles. The Hall–Kier alpha value is -5.20. The van der Waals surface area contributed by atoms with Gasteiger partial charge in [0.2, 0.25) is 5.91 Å². The van der Waals surface area contributed by atoms with E-state index in [4.69, 9.17) is 21.9 Å². The first-order valence-electron chi connectivity index (χ1n) is 18.6. The number of carbonyl (C=O) groups is 1. The summed E-state index contributed by atoms with van der Waals surface area (Å²) in [5.74, 6) is 0.336. The van der Waals surface area contributed by atoms with Crippen LogP contribution in [0, 0.1) is 45.3 Å². The molecular formula is C43H51ClN8O2. The smallest absolute Gasteiger partial charge is 0.219 e. The Kier molecular flexibility index (Phi) is 13.7. The van der Waals surface area contributed by atoms with E-state index < -0.39 is 5.60 Å². The van der Waals surface area contributed by atoms with Gasteiger partial charge in [-0.15, -0.1) is 0 Å². The van der Waals surface area contributed by atoms with Crippen LogP contribution >= 0.6 is 11.6 Å². The van der Waals surface area contributed by atoms with E-state index >= 15 is 0 Å². The fourth-order valence-corrected chi connectivity index (χ4v) is 7.63. The van der Waals surface area contributed by atoms with Gasteiger partial charge in [-0.1, -0.05) is 94.2 Å². The summed E-state index contributed by atoms with van der Waals surface area (Å²) in [6, 6.07) is 14.4. The van der Waals surface area contributed by atoms with Gasteiger partial charge in [0.1, 0.15) is 29.4 Å². The number of amides is 1. The number of unbranched alkanes of at least 4 members (excludes halogenated alkanes) is 2. The van der Waals surface area contributed by atoms with Crippen LogP contribution in [-0.4, -0.2) is 31.1 Å². The molecule has 0 saturated carbocycles. The number of azide groups is 1. The fourth-order valence-electron chi connectivity index (χ4n) is 7.35. The number of benzene rings is 1. The summed E-state index contributed by atoms with van der Waals surface area (Å²) in [7, 11) is 0. The first kappa shape index (κ1) is 41.6. The summed E-state index contributed by atoms with van der Waals surface area (Å²) in [5.41, 5.74) is 13.4. The molecule has 1 aromatic carbocycles. The molecule has 1 aliphatic carbocycles. The highest BCUT2D eigenvalue weighted by Crippen LogP contribution is 2.49. The molecule has 0 radical (unpaired) electrons. The van der Waals surface area contributed by atoms with Crippen molar-refractivity contribution < 1.29 is 9.53 Å². The Morgan fingerprint density at radius 1 is 1.07 bits per heavy atom. The SMILES string of the molecule is CC1(C)OC(=C(C#N)C#N)C(C#N)=C1C=CC1=C(Cl)C(=CC=C2N(CCCCCC(=O)NCCCN=[N+]=[N-])c3ccccc3C2(C)C)CC(C(C)(C)C)C1. The fraction of sp³-hybridized carbons (Fsp3) is 0.488. The zero-order valence-electron chi connectivity index (χ0n) is 32.6. The zero-order valence-corrected chi connectivity index (χ0v) is 33.3. The maximum absolute atomic E-state index is 12.3. The number of nitriles is 3. The molecule has 4 rings (SSSR count). The summed E-state index contributed by atoms with van der Waals surface area (Å²) >= 11 is 7.25. The van der Waals surface area contributed by atoms with Gasteiger partial charge in [-0.05, 0) is 91.7 Å². The van der Waals surface area contributed by atoms with Crippen molar-refractivity contribution in [1.29, 1.82) is 15.8 Å². The molecular weight excluding hydrogens is 696 g/mol. The third-order valence-corrected chi connectivity index (χ3v) is 11.1. The van der Waals surface area contributed by atoms with E-state index in [1.54, 1.807) is 0 Å². The minimum Gasteiger partial charge on any atom is -0.480 e. The third-order valence-electron chi connectivity index (χ3n) is 10.6. The van der Waals surface area contributed by atoms with Crippen LogP contribution in [0.15, 0.2) is 98.0 Å². The van der Waals surface area contributed by atoms with Crippen LogP contribution in [0.25, 0.3) is 10.4 Å². The van der Waals surface area contributed by atoms with Crippen LogP contribution < -0.4 is 10.2 Å². The number of nitrogens with one attached hydrogen (secondary N) is 1. The lowest BCUT2D eigenvalue weighted by atomic mass is 9.70. The maximum Gasteiger partial charge on any atom is 0.219 e. The topological polar surface area (TPSA) is 162 Å². The van der Waals surface area contributed by atoms with E-state index in [9.17, 15) is 20.6 Å². The van der Waals surface area contributed by atoms with Gasteiger partial charge in [0.15, 0.2) is 11.3 Å². The Labute approximate surface area is 325 Å². The van der Waals surface area contributed by atoms with Crippen molar-refractivity contribution in [1.82, 2.24) is 5.32 Å². The maximum atomic E-state index is 12.3. The van der Waals surface area contributed by atoms with E-state index in [2.05, 4.69) is 97.3 Å². The van der Waals surface area contributed by atoms with E-state index in [0.29, 0.717) is 42.5 Å². The van der Waals surface area contributed by atoms with Crippen LogP contribution in [0.3, 0.4) is 0 Å². The number of allylic oxidation sites excluding steroid dienone is 9. The van der Waals surface area contributed by atoms with Crippen LogP contribution in [0.1, 0.15) is 99.0 Å². The number of anilines is 1. The average Bonchev–Trinajstić information content (AvgIpc) is 3.51. The molecule has 1 aromatic rings. The molecule has 0 fully saturated rings. The Morgan fingerprint density at radius 3 is 2.46 bits per heavy atom. The molecule has 2 heterocycles. The van der Waals surface area contributed by atoms with Gasteiger partial charge < -0.3 is 15.0 Å². The van der Waals surface area contributed by atoms with Crippen LogP contribution in [0.5, 0.6) is 0 Å². The number of nitrogens with zero attached hydrogens (tertiary/aromatic N) is 7. The zero-order chi connectivity index (χ0) is 39.7. The number of halogens is 1. The Bertz CT molecular complexity index is 1980. The molecule has 1 atom stereocenters. The van der Waals surface area contributed by atoms with Crippen molar-refractivity contribution in [2.75, 3.05) is 24.5 Å². The quantitative estimate of drug-likeness (QED) is 0.0694.